The van der Waals surface area contributed by atoms with Crippen LogP contribution in [0, 0.1) is 5.82 Å². The lowest BCUT2D eigenvalue weighted by molar-refractivity contribution is -0.194. The van der Waals surface area contributed by atoms with Crippen LogP contribution in [-0.2, 0) is 25.1 Å². The molecule has 34 heavy (non-hydrogen) atoms. The smallest absolute Gasteiger partial charge is 0.379 e. The molecule has 1 fully saturated rings. The van der Waals surface area contributed by atoms with E-state index in [0.29, 0.717) is 26.4 Å². The van der Waals surface area contributed by atoms with Crippen LogP contribution in [-0.4, -0.2) is 62.4 Å². The van der Waals surface area contributed by atoms with E-state index < -0.39 is 35.9 Å². The van der Waals surface area contributed by atoms with Crippen molar-refractivity contribution in [2.75, 3.05) is 38.4 Å². The topological polar surface area (TPSA) is 61.8 Å². The normalized spacial score (nSPS) is 23.3. The predicted octanol–water partition coefficient (Wildman–Crippen LogP) is 5.61. The average molecular weight is 495 g/mol. The van der Waals surface area contributed by atoms with Gasteiger partial charge in [-0.15, -0.1) is 0 Å². The molecule has 4 atom stereocenters. The number of rotatable bonds is 15. The number of nitrogens with zero attached hydrogens (tertiary/aromatic N) is 1. The number of aromatic nitrogens is 1. The number of ether oxygens (including phenoxy) is 4. The quantitative estimate of drug-likeness (QED) is 0.253. The first-order valence-corrected chi connectivity index (χ1v) is 12.2. The van der Waals surface area contributed by atoms with Crippen LogP contribution in [0.25, 0.3) is 0 Å². The van der Waals surface area contributed by atoms with Crippen molar-refractivity contribution in [1.82, 2.24) is 4.98 Å². The summed E-state index contributed by atoms with van der Waals surface area (Å²) in [6, 6.07) is 1.41. The van der Waals surface area contributed by atoms with Gasteiger partial charge in [0.1, 0.15) is 24.1 Å². The summed E-state index contributed by atoms with van der Waals surface area (Å²) in [5.41, 5.74) is -1.56. The van der Waals surface area contributed by atoms with Gasteiger partial charge in [0.15, 0.2) is 11.5 Å². The minimum Gasteiger partial charge on any atom is -0.379 e. The lowest BCUT2D eigenvalue weighted by atomic mass is 9.97. The average Bonchev–Trinajstić information content (AvgIpc) is 2.79. The van der Waals surface area contributed by atoms with Gasteiger partial charge in [0.25, 0.3) is 0 Å². The second kappa shape index (κ2) is 14.8. The summed E-state index contributed by atoms with van der Waals surface area (Å²) in [5, 5.41) is 2.97. The summed E-state index contributed by atoms with van der Waals surface area (Å²) in [6.45, 7) is 8.27. The fraction of sp³-hybridized carbons (Fsp3) is 0.792. The lowest BCUT2D eigenvalue weighted by Crippen LogP contribution is -2.59. The molecule has 1 aliphatic rings. The second-order valence-electron chi connectivity index (χ2n) is 8.45. The number of nitrogens with one attached hydrogen (secondary N) is 1. The summed E-state index contributed by atoms with van der Waals surface area (Å²) >= 11 is 0. The van der Waals surface area contributed by atoms with Gasteiger partial charge in [-0.3, -0.25) is 0 Å². The van der Waals surface area contributed by atoms with Crippen molar-refractivity contribution < 1.29 is 36.5 Å². The number of alkyl halides is 3. The highest BCUT2D eigenvalue weighted by atomic mass is 19.4. The first-order valence-electron chi connectivity index (χ1n) is 12.2. The van der Waals surface area contributed by atoms with Gasteiger partial charge in [-0.05, 0) is 31.4 Å². The maximum atomic E-state index is 13.7. The molecule has 0 saturated carbocycles. The van der Waals surface area contributed by atoms with Gasteiger partial charge < -0.3 is 24.3 Å². The van der Waals surface area contributed by atoms with Crippen LogP contribution in [0.15, 0.2) is 12.1 Å². The summed E-state index contributed by atoms with van der Waals surface area (Å²) < 4.78 is 77.3. The van der Waals surface area contributed by atoms with E-state index in [-0.39, 0.29) is 18.5 Å². The minimum absolute atomic E-state index is 0.101. The van der Waals surface area contributed by atoms with E-state index in [4.69, 9.17) is 18.9 Å². The number of halogens is 4. The van der Waals surface area contributed by atoms with E-state index in [2.05, 4.69) is 24.1 Å². The summed E-state index contributed by atoms with van der Waals surface area (Å²) in [4.78, 5) is 3.47. The molecule has 6 nitrogen and oxygen atoms in total. The number of unbranched alkanes of at least 4 members (excludes halogenated alkanes) is 3. The van der Waals surface area contributed by atoms with E-state index in [0.717, 1.165) is 44.6 Å². The standard InChI is InChI=1S/C24H38F4N2O4/c1-4-7-12-31-16-19-22(33-14-9-6-3)21(32-13-8-5-2)18(15-34-19)29-20-11-10-17(25)23(30-20)24(26,27)28/h10-11,18-19,21-22H,4-9,12-16H2,1-3H3,(H,29,30)/t18-,19+,21+,22-/m0/s1. The fourth-order valence-electron chi connectivity index (χ4n) is 3.62. The van der Waals surface area contributed by atoms with Crippen molar-refractivity contribution >= 4 is 5.82 Å². The maximum Gasteiger partial charge on any atom is 0.436 e. The van der Waals surface area contributed by atoms with Crippen LogP contribution >= 0.6 is 0 Å². The third kappa shape index (κ3) is 8.94. The van der Waals surface area contributed by atoms with Gasteiger partial charge in [0, 0.05) is 19.8 Å². The molecule has 0 bridgehead atoms. The van der Waals surface area contributed by atoms with Gasteiger partial charge in [0.05, 0.1) is 19.3 Å². The molecule has 1 N–H and O–H groups in total. The van der Waals surface area contributed by atoms with Gasteiger partial charge in [-0.1, -0.05) is 40.0 Å². The number of pyridine rings is 1. The Kier molecular flexibility index (Phi) is 12.5. The zero-order valence-corrected chi connectivity index (χ0v) is 20.3. The Morgan fingerprint density at radius 3 is 2.21 bits per heavy atom. The summed E-state index contributed by atoms with van der Waals surface area (Å²) in [5.74, 6) is -1.52. The Morgan fingerprint density at radius 2 is 1.59 bits per heavy atom. The molecule has 1 aliphatic heterocycles. The van der Waals surface area contributed by atoms with Gasteiger partial charge in [0.2, 0.25) is 0 Å². The molecule has 0 aliphatic carbocycles. The Bertz CT molecular complexity index is 708. The largest absolute Gasteiger partial charge is 0.436 e. The molecular formula is C24H38F4N2O4. The van der Waals surface area contributed by atoms with E-state index >= 15 is 0 Å². The van der Waals surface area contributed by atoms with Crippen LogP contribution in [0.2, 0.25) is 0 Å². The molecule has 0 unspecified atom stereocenters. The molecule has 10 heteroatoms. The van der Waals surface area contributed by atoms with Crippen LogP contribution in [0.3, 0.4) is 0 Å². The van der Waals surface area contributed by atoms with Crippen LogP contribution in [0.1, 0.15) is 65.0 Å². The van der Waals surface area contributed by atoms with Crippen LogP contribution < -0.4 is 5.32 Å². The van der Waals surface area contributed by atoms with Gasteiger partial charge in [-0.2, -0.15) is 13.2 Å². The molecule has 0 amide bonds. The molecule has 1 saturated heterocycles. The Labute approximate surface area is 199 Å². The zero-order valence-electron chi connectivity index (χ0n) is 20.3. The van der Waals surface area contributed by atoms with Crippen molar-refractivity contribution in [2.45, 2.75) is 89.8 Å². The van der Waals surface area contributed by atoms with Gasteiger partial charge in [-0.25, -0.2) is 9.37 Å². The number of hydrogen-bond acceptors (Lipinski definition) is 6. The van der Waals surface area contributed by atoms with Crippen LogP contribution in [0.4, 0.5) is 23.4 Å². The van der Waals surface area contributed by atoms with Crippen molar-refractivity contribution in [3.05, 3.63) is 23.6 Å². The predicted molar refractivity (Wildman–Crippen MR) is 121 cm³/mol. The molecule has 1 aromatic rings. The third-order valence-corrected chi connectivity index (χ3v) is 5.57. The molecule has 0 aromatic carbocycles. The van der Waals surface area contributed by atoms with Gasteiger partial charge >= 0.3 is 6.18 Å². The zero-order chi connectivity index (χ0) is 25.0. The van der Waals surface area contributed by atoms with E-state index in [1.54, 1.807) is 0 Å². The van der Waals surface area contributed by atoms with Crippen LogP contribution in [0.5, 0.6) is 0 Å². The molecule has 0 spiro atoms. The molecular weight excluding hydrogens is 456 g/mol. The fourth-order valence-corrected chi connectivity index (χ4v) is 3.62. The number of anilines is 1. The highest BCUT2D eigenvalue weighted by molar-refractivity contribution is 5.38. The summed E-state index contributed by atoms with van der Waals surface area (Å²) in [6.07, 6.45) is -0.719. The van der Waals surface area contributed by atoms with Crippen molar-refractivity contribution in [2.24, 2.45) is 0 Å². The molecule has 2 heterocycles. The lowest BCUT2D eigenvalue weighted by Gasteiger charge is -2.42. The third-order valence-electron chi connectivity index (χ3n) is 5.57. The SMILES string of the molecule is CCCCOC[C@H]1OC[C@H](Nc2ccc(F)c(C(F)(F)F)n2)[C@@H](OCCCC)[C@H]1OCCCC. The molecule has 0 radical (unpaired) electrons. The molecule has 196 valence electrons. The maximum absolute atomic E-state index is 13.7. The van der Waals surface area contributed by atoms with Crippen molar-refractivity contribution in [3.8, 4) is 0 Å². The Balaban J connectivity index is 2.22. The van der Waals surface area contributed by atoms with E-state index in [9.17, 15) is 17.6 Å². The number of hydrogen-bond donors (Lipinski definition) is 1. The monoisotopic (exact) mass is 494 g/mol. The second-order valence-corrected chi connectivity index (χ2v) is 8.45. The highest BCUT2D eigenvalue weighted by Crippen LogP contribution is 2.31. The van der Waals surface area contributed by atoms with E-state index in [1.807, 2.05) is 6.92 Å². The first kappa shape index (κ1) is 28.7. The van der Waals surface area contributed by atoms with E-state index in [1.165, 1.54) is 6.07 Å². The Morgan fingerprint density at radius 1 is 0.971 bits per heavy atom. The van der Waals surface area contributed by atoms with Crippen molar-refractivity contribution in [3.63, 3.8) is 0 Å². The van der Waals surface area contributed by atoms with Crippen molar-refractivity contribution in [1.29, 1.82) is 0 Å². The minimum atomic E-state index is -4.89. The highest BCUT2D eigenvalue weighted by Gasteiger charge is 2.43. The molecule has 2 rings (SSSR count). The molecule has 1 aromatic heterocycles. The summed E-state index contributed by atoms with van der Waals surface area (Å²) in [7, 11) is 0. The Hall–Kier alpha value is -1.49. The first-order chi connectivity index (χ1) is 16.3.